The van der Waals surface area contributed by atoms with Gasteiger partial charge in [0.15, 0.2) is 5.75 Å². The molecule has 0 saturated carbocycles. The van der Waals surface area contributed by atoms with Gasteiger partial charge in [-0.05, 0) is 64.5 Å². The van der Waals surface area contributed by atoms with Crippen molar-refractivity contribution in [2.75, 3.05) is 0 Å². The Bertz CT molecular complexity index is 831. The van der Waals surface area contributed by atoms with Crippen LogP contribution in [0.25, 0.3) is 0 Å². The highest BCUT2D eigenvalue weighted by Crippen LogP contribution is 2.45. The van der Waals surface area contributed by atoms with Crippen LogP contribution >= 0.6 is 0 Å². The molecule has 24 heavy (non-hydrogen) atoms. The molecular formula is C22H26O2. The van der Waals surface area contributed by atoms with Crippen molar-refractivity contribution in [1.82, 2.24) is 0 Å². The first-order valence-electron chi connectivity index (χ1n) is 8.65. The molecule has 0 atom stereocenters. The third kappa shape index (κ3) is 3.10. The molecule has 0 heterocycles. The Morgan fingerprint density at radius 2 is 1.42 bits per heavy atom. The molecule has 0 aliphatic heterocycles. The molecule has 0 saturated heterocycles. The van der Waals surface area contributed by atoms with Crippen molar-refractivity contribution in [3.63, 3.8) is 0 Å². The van der Waals surface area contributed by atoms with E-state index in [1.165, 1.54) is 41.7 Å². The third-order valence-corrected chi connectivity index (χ3v) is 5.48. The lowest BCUT2D eigenvalue weighted by atomic mass is 9.63. The molecule has 1 aliphatic carbocycles. The predicted molar refractivity (Wildman–Crippen MR) is 98.9 cm³/mol. The van der Waals surface area contributed by atoms with Crippen LogP contribution in [0.15, 0.2) is 47.3 Å². The van der Waals surface area contributed by atoms with E-state index in [1.54, 1.807) is 6.07 Å². The Morgan fingerprint density at radius 1 is 0.833 bits per heavy atom. The molecular weight excluding hydrogens is 296 g/mol. The maximum atomic E-state index is 11.5. The number of aromatic hydroxyl groups is 1. The largest absolute Gasteiger partial charge is 0.504 e. The minimum atomic E-state index is -0.338. The highest BCUT2D eigenvalue weighted by molar-refractivity contribution is 5.44. The molecule has 126 valence electrons. The van der Waals surface area contributed by atoms with Gasteiger partial charge in [-0.15, -0.1) is 0 Å². The van der Waals surface area contributed by atoms with E-state index in [2.05, 4.69) is 45.9 Å². The minimum Gasteiger partial charge on any atom is -0.504 e. The fourth-order valence-corrected chi connectivity index (χ4v) is 3.69. The third-order valence-electron chi connectivity index (χ3n) is 5.48. The quantitative estimate of drug-likeness (QED) is 0.870. The summed E-state index contributed by atoms with van der Waals surface area (Å²) in [5.74, 6) is -0.199. The summed E-state index contributed by atoms with van der Waals surface area (Å²) in [6.07, 6.45) is 3.17. The van der Waals surface area contributed by atoms with Gasteiger partial charge in [0.1, 0.15) is 0 Å². The zero-order chi connectivity index (χ0) is 17.5. The summed E-state index contributed by atoms with van der Waals surface area (Å²) < 4.78 is 0. The molecule has 0 bridgehead atoms. The second-order valence-corrected chi connectivity index (χ2v) is 8.32. The fraction of sp³-hybridized carbons (Fsp3) is 0.409. The summed E-state index contributed by atoms with van der Waals surface area (Å²) >= 11 is 0. The van der Waals surface area contributed by atoms with Crippen LogP contribution in [-0.2, 0) is 17.3 Å². The Morgan fingerprint density at radius 3 is 2.12 bits per heavy atom. The first-order chi connectivity index (χ1) is 11.2. The van der Waals surface area contributed by atoms with Crippen molar-refractivity contribution in [3.8, 4) is 5.75 Å². The van der Waals surface area contributed by atoms with Gasteiger partial charge in [-0.1, -0.05) is 58.0 Å². The molecule has 1 N–H and O–H groups in total. The van der Waals surface area contributed by atoms with Gasteiger partial charge in [0.05, 0.1) is 0 Å². The number of benzene rings is 1. The number of hydrogen-bond acceptors (Lipinski definition) is 2. The summed E-state index contributed by atoms with van der Waals surface area (Å²) in [6, 6.07) is 13.4. The highest BCUT2D eigenvalue weighted by Gasteiger charge is 2.36. The molecule has 1 aliphatic rings. The maximum absolute atomic E-state index is 11.5. The normalized spacial score (nSPS) is 18.0. The molecule has 2 nitrogen and oxygen atoms in total. The minimum absolute atomic E-state index is 0.197. The average molecular weight is 322 g/mol. The number of rotatable bonds is 2. The van der Waals surface area contributed by atoms with Crippen molar-refractivity contribution in [3.05, 3.63) is 74.9 Å². The monoisotopic (exact) mass is 322 g/mol. The Hall–Kier alpha value is -2.09. The molecule has 2 aromatic rings. The van der Waals surface area contributed by atoms with Crippen molar-refractivity contribution in [2.24, 2.45) is 0 Å². The Balaban J connectivity index is 2.00. The van der Waals surface area contributed by atoms with E-state index in [1.807, 2.05) is 6.07 Å². The summed E-state index contributed by atoms with van der Waals surface area (Å²) in [4.78, 5) is 11.5. The van der Waals surface area contributed by atoms with Crippen molar-refractivity contribution in [1.29, 1.82) is 0 Å². The SMILES string of the molecule is CC1(C)CCC(C)(C)c2cc(Cc3ccc(O)c(=O)cc3)ccc21. The second-order valence-electron chi connectivity index (χ2n) is 8.32. The second kappa shape index (κ2) is 5.77. The van der Waals surface area contributed by atoms with Gasteiger partial charge in [-0.3, -0.25) is 4.79 Å². The van der Waals surface area contributed by atoms with Crippen molar-refractivity contribution < 1.29 is 5.11 Å². The van der Waals surface area contributed by atoms with Crippen LogP contribution in [0, 0.1) is 0 Å². The lowest BCUT2D eigenvalue weighted by Gasteiger charge is -2.42. The van der Waals surface area contributed by atoms with Gasteiger partial charge >= 0.3 is 0 Å². The molecule has 3 rings (SSSR count). The van der Waals surface area contributed by atoms with Gasteiger partial charge in [-0.25, -0.2) is 0 Å². The maximum Gasteiger partial charge on any atom is 0.220 e. The van der Waals surface area contributed by atoms with E-state index in [0.717, 1.165) is 12.0 Å². The van der Waals surface area contributed by atoms with Gasteiger partial charge in [0, 0.05) is 0 Å². The summed E-state index contributed by atoms with van der Waals surface area (Å²) in [6.45, 7) is 9.32. The highest BCUT2D eigenvalue weighted by atomic mass is 16.3. The Labute approximate surface area is 144 Å². The number of hydrogen-bond donors (Lipinski definition) is 1. The molecule has 2 aromatic carbocycles. The van der Waals surface area contributed by atoms with E-state index in [9.17, 15) is 9.90 Å². The van der Waals surface area contributed by atoms with Gasteiger partial charge in [0.2, 0.25) is 5.43 Å². The summed E-state index contributed by atoms with van der Waals surface area (Å²) in [5, 5.41) is 9.54. The molecule has 0 amide bonds. The van der Waals surface area contributed by atoms with Crippen LogP contribution in [0.2, 0.25) is 0 Å². The van der Waals surface area contributed by atoms with E-state index < -0.39 is 0 Å². The van der Waals surface area contributed by atoms with Crippen LogP contribution in [0.3, 0.4) is 0 Å². The van der Waals surface area contributed by atoms with Crippen LogP contribution in [0.5, 0.6) is 5.75 Å². The van der Waals surface area contributed by atoms with Crippen LogP contribution in [0.1, 0.15) is 62.8 Å². The predicted octanol–water partition coefficient (Wildman–Crippen LogP) is 4.69. The topological polar surface area (TPSA) is 37.3 Å². The first kappa shape index (κ1) is 16.8. The molecule has 0 unspecified atom stereocenters. The zero-order valence-electron chi connectivity index (χ0n) is 15.0. The van der Waals surface area contributed by atoms with Crippen LogP contribution in [-0.4, -0.2) is 5.11 Å². The average Bonchev–Trinajstić information content (AvgIpc) is 2.68. The lowest BCUT2D eigenvalue weighted by molar-refractivity contribution is 0.331. The molecule has 0 aromatic heterocycles. The van der Waals surface area contributed by atoms with Crippen LogP contribution in [0.4, 0.5) is 0 Å². The zero-order valence-corrected chi connectivity index (χ0v) is 15.0. The van der Waals surface area contributed by atoms with Gasteiger partial charge in [0.25, 0.3) is 0 Å². The smallest absolute Gasteiger partial charge is 0.220 e. The Kier molecular flexibility index (Phi) is 4.03. The lowest BCUT2D eigenvalue weighted by Crippen LogP contribution is -2.33. The van der Waals surface area contributed by atoms with Gasteiger partial charge < -0.3 is 5.11 Å². The van der Waals surface area contributed by atoms with Crippen molar-refractivity contribution >= 4 is 0 Å². The first-order valence-corrected chi connectivity index (χ1v) is 8.65. The molecule has 0 spiro atoms. The fourth-order valence-electron chi connectivity index (χ4n) is 3.69. The van der Waals surface area contributed by atoms with E-state index in [0.29, 0.717) is 0 Å². The molecule has 0 fully saturated rings. The van der Waals surface area contributed by atoms with E-state index in [-0.39, 0.29) is 22.0 Å². The van der Waals surface area contributed by atoms with E-state index in [4.69, 9.17) is 0 Å². The number of fused-ring (bicyclic) bond motifs is 1. The summed E-state index contributed by atoms with van der Waals surface area (Å²) in [5.41, 5.74) is 5.27. The van der Waals surface area contributed by atoms with Gasteiger partial charge in [-0.2, -0.15) is 0 Å². The molecule has 0 radical (unpaired) electrons. The standard InChI is InChI=1S/C22H26O2/c1-21(2)11-12-22(3,4)18-14-16(5-8-17(18)21)13-15-6-9-19(23)20(24)10-7-15/h5-10,14H,11-13H2,1-4H3,(H,23,24). The molecule has 2 heteroatoms. The van der Waals surface area contributed by atoms with Crippen LogP contribution < -0.4 is 5.43 Å². The van der Waals surface area contributed by atoms with E-state index >= 15 is 0 Å². The summed E-state index contributed by atoms with van der Waals surface area (Å²) in [7, 11) is 0. The van der Waals surface area contributed by atoms with Crippen molar-refractivity contribution in [2.45, 2.75) is 57.8 Å².